The molecule has 2 aromatic carbocycles. The van der Waals surface area contributed by atoms with E-state index in [4.69, 9.17) is 0 Å². The zero-order valence-electron chi connectivity index (χ0n) is 12.4. The van der Waals surface area contributed by atoms with Crippen LogP contribution in [0.3, 0.4) is 0 Å². The number of carbonyl (C=O) groups is 1. The van der Waals surface area contributed by atoms with E-state index in [1.54, 1.807) is 0 Å². The summed E-state index contributed by atoms with van der Waals surface area (Å²) in [7, 11) is 0. The van der Waals surface area contributed by atoms with Gasteiger partial charge < -0.3 is 10.6 Å². The molecule has 0 heterocycles. The molecule has 1 amide bonds. The summed E-state index contributed by atoms with van der Waals surface area (Å²) in [5.41, 5.74) is 2.40. The summed E-state index contributed by atoms with van der Waals surface area (Å²) in [5, 5.41) is 6.22. The maximum atomic E-state index is 11.9. The van der Waals surface area contributed by atoms with Crippen molar-refractivity contribution in [3.8, 4) is 0 Å². The Kier molecular flexibility index (Phi) is 4.68. The molecule has 3 nitrogen and oxygen atoms in total. The molecule has 0 aliphatic carbocycles. The Morgan fingerprint density at radius 3 is 1.76 bits per heavy atom. The lowest BCUT2D eigenvalue weighted by Gasteiger charge is -2.17. The molecule has 0 fully saturated rings. The zero-order valence-corrected chi connectivity index (χ0v) is 14.0. The van der Waals surface area contributed by atoms with E-state index in [1.165, 1.54) is 0 Å². The standard InChI is InChI=1S/C17H19BrN2O/c1-17(2,3)16(21)20-15-10-8-14(9-11-15)19-13-6-4-12(18)5-7-13/h4-11,19H,1-3H3,(H,20,21). The summed E-state index contributed by atoms with van der Waals surface area (Å²) < 4.78 is 1.05. The number of halogens is 1. The molecule has 0 aliphatic rings. The highest BCUT2D eigenvalue weighted by molar-refractivity contribution is 9.10. The lowest BCUT2D eigenvalue weighted by atomic mass is 9.95. The Balaban J connectivity index is 2.02. The largest absolute Gasteiger partial charge is 0.356 e. The third kappa shape index (κ3) is 4.60. The fraction of sp³-hybridized carbons (Fsp3) is 0.235. The van der Waals surface area contributed by atoms with Crippen LogP contribution in [-0.2, 0) is 4.79 Å². The van der Waals surface area contributed by atoms with Crippen LogP contribution in [0.25, 0.3) is 0 Å². The van der Waals surface area contributed by atoms with Crippen molar-refractivity contribution >= 4 is 38.9 Å². The van der Waals surface area contributed by atoms with E-state index in [1.807, 2.05) is 69.3 Å². The van der Waals surface area contributed by atoms with Crippen molar-refractivity contribution < 1.29 is 4.79 Å². The minimum Gasteiger partial charge on any atom is -0.356 e. The van der Waals surface area contributed by atoms with Gasteiger partial charge in [0.15, 0.2) is 0 Å². The van der Waals surface area contributed by atoms with Gasteiger partial charge in [-0.1, -0.05) is 36.7 Å². The van der Waals surface area contributed by atoms with Gasteiger partial charge in [0.1, 0.15) is 0 Å². The predicted molar refractivity (Wildman–Crippen MR) is 92.0 cm³/mol. The first-order valence-corrected chi connectivity index (χ1v) is 7.58. The Bertz CT molecular complexity index is 613. The maximum Gasteiger partial charge on any atom is 0.229 e. The smallest absolute Gasteiger partial charge is 0.229 e. The van der Waals surface area contributed by atoms with Crippen LogP contribution in [0.2, 0.25) is 0 Å². The number of hydrogen-bond acceptors (Lipinski definition) is 2. The molecule has 21 heavy (non-hydrogen) atoms. The number of rotatable bonds is 3. The van der Waals surface area contributed by atoms with E-state index in [2.05, 4.69) is 26.6 Å². The Hall–Kier alpha value is -1.81. The normalized spacial score (nSPS) is 11.0. The van der Waals surface area contributed by atoms with Gasteiger partial charge in [-0.3, -0.25) is 4.79 Å². The number of amides is 1. The summed E-state index contributed by atoms with van der Waals surface area (Å²) in [5.74, 6) is 0.0103. The maximum absolute atomic E-state index is 11.9. The fourth-order valence-corrected chi connectivity index (χ4v) is 1.92. The molecule has 0 radical (unpaired) electrons. The zero-order chi connectivity index (χ0) is 15.5. The molecule has 2 N–H and O–H groups in total. The molecule has 4 heteroatoms. The van der Waals surface area contributed by atoms with Crippen LogP contribution >= 0.6 is 15.9 Å². The average molecular weight is 347 g/mol. The van der Waals surface area contributed by atoms with Gasteiger partial charge in [-0.15, -0.1) is 0 Å². The Morgan fingerprint density at radius 2 is 1.29 bits per heavy atom. The van der Waals surface area contributed by atoms with Gasteiger partial charge in [0.05, 0.1) is 0 Å². The fourth-order valence-electron chi connectivity index (χ4n) is 1.66. The SMILES string of the molecule is CC(C)(C)C(=O)Nc1ccc(Nc2ccc(Br)cc2)cc1. The summed E-state index contributed by atoms with van der Waals surface area (Å²) in [6, 6.07) is 15.6. The van der Waals surface area contributed by atoms with Crippen LogP contribution in [0.1, 0.15) is 20.8 Å². The predicted octanol–water partition coefficient (Wildman–Crippen LogP) is 5.18. The lowest BCUT2D eigenvalue weighted by molar-refractivity contribution is -0.123. The van der Waals surface area contributed by atoms with Gasteiger partial charge in [0.2, 0.25) is 5.91 Å². The van der Waals surface area contributed by atoms with Gasteiger partial charge in [0.25, 0.3) is 0 Å². The molecule has 2 rings (SSSR count). The molecule has 0 spiro atoms. The third-order valence-electron chi connectivity index (χ3n) is 2.96. The molecule has 0 bridgehead atoms. The quantitative estimate of drug-likeness (QED) is 0.803. The molecule has 2 aromatic rings. The molecule has 0 saturated carbocycles. The molecule has 0 saturated heterocycles. The lowest BCUT2D eigenvalue weighted by Crippen LogP contribution is -2.27. The number of benzene rings is 2. The van der Waals surface area contributed by atoms with E-state index >= 15 is 0 Å². The minimum atomic E-state index is -0.394. The van der Waals surface area contributed by atoms with Crippen molar-refractivity contribution in [3.05, 3.63) is 53.0 Å². The molecular formula is C17H19BrN2O. The Morgan fingerprint density at radius 1 is 0.857 bits per heavy atom. The highest BCUT2D eigenvalue weighted by atomic mass is 79.9. The summed E-state index contributed by atoms with van der Waals surface area (Å²) in [4.78, 5) is 11.9. The number of nitrogens with one attached hydrogen (secondary N) is 2. The minimum absolute atomic E-state index is 0.0103. The van der Waals surface area contributed by atoms with Crippen molar-refractivity contribution in [1.29, 1.82) is 0 Å². The Labute approximate surface area is 133 Å². The number of carbonyl (C=O) groups excluding carboxylic acids is 1. The van der Waals surface area contributed by atoms with Gasteiger partial charge in [0, 0.05) is 26.9 Å². The third-order valence-corrected chi connectivity index (χ3v) is 3.49. The molecule has 0 atom stereocenters. The monoisotopic (exact) mass is 346 g/mol. The first-order chi connectivity index (χ1) is 9.84. The van der Waals surface area contributed by atoms with Gasteiger partial charge in [-0.25, -0.2) is 0 Å². The van der Waals surface area contributed by atoms with Crippen LogP contribution in [0.15, 0.2) is 53.0 Å². The number of anilines is 3. The van der Waals surface area contributed by atoms with Crippen molar-refractivity contribution in [2.24, 2.45) is 5.41 Å². The number of hydrogen-bond donors (Lipinski definition) is 2. The molecule has 0 unspecified atom stereocenters. The summed E-state index contributed by atoms with van der Waals surface area (Å²) in [6.07, 6.45) is 0. The second-order valence-electron chi connectivity index (χ2n) is 5.91. The van der Waals surface area contributed by atoms with Crippen molar-refractivity contribution in [2.45, 2.75) is 20.8 Å². The molecule has 0 aliphatic heterocycles. The van der Waals surface area contributed by atoms with Crippen LogP contribution < -0.4 is 10.6 Å². The highest BCUT2D eigenvalue weighted by Crippen LogP contribution is 2.22. The van der Waals surface area contributed by atoms with Gasteiger partial charge in [-0.2, -0.15) is 0 Å². The van der Waals surface area contributed by atoms with Crippen LogP contribution in [0.4, 0.5) is 17.1 Å². The van der Waals surface area contributed by atoms with Crippen molar-refractivity contribution in [1.82, 2.24) is 0 Å². The summed E-state index contributed by atoms with van der Waals surface area (Å²) in [6.45, 7) is 5.68. The van der Waals surface area contributed by atoms with E-state index in [0.29, 0.717) is 0 Å². The average Bonchev–Trinajstić information content (AvgIpc) is 2.42. The van der Waals surface area contributed by atoms with Gasteiger partial charge >= 0.3 is 0 Å². The second-order valence-corrected chi connectivity index (χ2v) is 6.83. The molecule has 110 valence electrons. The van der Waals surface area contributed by atoms with Crippen molar-refractivity contribution in [2.75, 3.05) is 10.6 Å². The second kappa shape index (κ2) is 6.31. The first-order valence-electron chi connectivity index (χ1n) is 6.79. The van der Waals surface area contributed by atoms with E-state index in [0.717, 1.165) is 21.5 Å². The molecule has 0 aromatic heterocycles. The van der Waals surface area contributed by atoms with Crippen molar-refractivity contribution in [3.63, 3.8) is 0 Å². The molecular weight excluding hydrogens is 328 g/mol. The van der Waals surface area contributed by atoms with E-state index in [-0.39, 0.29) is 5.91 Å². The van der Waals surface area contributed by atoms with Gasteiger partial charge in [-0.05, 0) is 48.5 Å². The first kappa shape index (κ1) is 15.6. The highest BCUT2D eigenvalue weighted by Gasteiger charge is 2.20. The van der Waals surface area contributed by atoms with Crippen LogP contribution in [0.5, 0.6) is 0 Å². The summed E-state index contributed by atoms with van der Waals surface area (Å²) >= 11 is 3.41. The van der Waals surface area contributed by atoms with E-state index < -0.39 is 5.41 Å². The topological polar surface area (TPSA) is 41.1 Å². The van der Waals surface area contributed by atoms with E-state index in [9.17, 15) is 4.79 Å². The van der Waals surface area contributed by atoms with Crippen LogP contribution in [-0.4, -0.2) is 5.91 Å². The van der Waals surface area contributed by atoms with Crippen LogP contribution in [0, 0.1) is 5.41 Å².